The molecule has 0 aliphatic carbocycles. The maximum absolute atomic E-state index is 13.7. The predicted molar refractivity (Wildman–Crippen MR) is 79.9 cm³/mol. The van der Waals surface area contributed by atoms with E-state index in [1.165, 1.54) is 6.07 Å². The van der Waals surface area contributed by atoms with Gasteiger partial charge in [-0.1, -0.05) is 46.9 Å². The van der Waals surface area contributed by atoms with Crippen molar-refractivity contribution in [2.45, 2.75) is 13.0 Å². The molecule has 0 amide bonds. The van der Waals surface area contributed by atoms with Crippen LogP contribution in [0.2, 0.25) is 15.1 Å². The first-order valence-corrected chi connectivity index (χ1v) is 6.78. The molecule has 0 heterocycles. The molecule has 0 saturated heterocycles. The Kier molecular flexibility index (Phi) is 4.56. The molecule has 0 aliphatic rings. The lowest BCUT2D eigenvalue weighted by Gasteiger charge is -2.18. The molecule has 100 valence electrons. The topological polar surface area (TPSA) is 12.0 Å². The van der Waals surface area contributed by atoms with E-state index in [4.69, 9.17) is 34.8 Å². The fourth-order valence-corrected chi connectivity index (χ4v) is 2.57. The predicted octanol–water partition coefficient (Wildman–Crippen LogP) is 5.96. The van der Waals surface area contributed by atoms with Gasteiger partial charge in [0.2, 0.25) is 0 Å². The first-order chi connectivity index (χ1) is 8.99. The molecule has 0 saturated carbocycles. The number of para-hydroxylation sites is 1. The van der Waals surface area contributed by atoms with E-state index in [9.17, 15) is 4.39 Å². The van der Waals surface area contributed by atoms with Crippen LogP contribution < -0.4 is 5.32 Å². The summed E-state index contributed by atoms with van der Waals surface area (Å²) in [5.74, 6) is -0.399. The van der Waals surface area contributed by atoms with Gasteiger partial charge in [0, 0.05) is 10.0 Å². The third kappa shape index (κ3) is 3.33. The highest BCUT2D eigenvalue weighted by Crippen LogP contribution is 2.32. The molecule has 1 N–H and O–H groups in total. The third-order valence-corrected chi connectivity index (χ3v) is 3.63. The van der Waals surface area contributed by atoms with E-state index in [2.05, 4.69) is 5.32 Å². The summed E-state index contributed by atoms with van der Waals surface area (Å²) >= 11 is 17.9. The number of anilines is 1. The average molecular weight is 319 g/mol. The zero-order chi connectivity index (χ0) is 14.0. The molecule has 1 nitrogen and oxygen atoms in total. The summed E-state index contributed by atoms with van der Waals surface area (Å²) in [5.41, 5.74) is 1.09. The summed E-state index contributed by atoms with van der Waals surface area (Å²) in [6.45, 7) is 1.87. The maximum atomic E-state index is 13.7. The molecule has 5 heteroatoms. The van der Waals surface area contributed by atoms with Gasteiger partial charge in [0.25, 0.3) is 0 Å². The number of rotatable bonds is 3. The standard InChI is InChI=1S/C14H11Cl3FN/c1-8(10-6-5-9(15)7-12(10)17)19-14-11(16)3-2-4-13(14)18/h2-8,19H,1H3. The third-order valence-electron chi connectivity index (χ3n) is 2.75. The molecule has 0 fully saturated rings. The van der Waals surface area contributed by atoms with E-state index in [0.29, 0.717) is 15.1 Å². The largest absolute Gasteiger partial charge is 0.375 e. The number of hydrogen-bond donors (Lipinski definition) is 1. The van der Waals surface area contributed by atoms with Gasteiger partial charge >= 0.3 is 0 Å². The normalized spacial score (nSPS) is 12.3. The van der Waals surface area contributed by atoms with E-state index >= 15 is 0 Å². The van der Waals surface area contributed by atoms with Crippen LogP contribution >= 0.6 is 34.8 Å². The Labute approximate surface area is 126 Å². The molecule has 0 bridgehead atoms. The van der Waals surface area contributed by atoms with Crippen molar-refractivity contribution in [2.24, 2.45) is 0 Å². The minimum Gasteiger partial charge on any atom is -0.375 e. The molecular formula is C14H11Cl3FN. The van der Waals surface area contributed by atoms with Crippen LogP contribution in [-0.2, 0) is 0 Å². The van der Waals surface area contributed by atoms with Gasteiger partial charge in [-0.2, -0.15) is 0 Å². The first kappa shape index (κ1) is 14.4. The summed E-state index contributed by atoms with van der Waals surface area (Å²) in [5, 5.41) is 4.44. The van der Waals surface area contributed by atoms with Crippen LogP contribution in [0.1, 0.15) is 18.5 Å². The van der Waals surface area contributed by atoms with Gasteiger partial charge in [0.1, 0.15) is 5.82 Å². The maximum Gasteiger partial charge on any atom is 0.147 e. The highest BCUT2D eigenvalue weighted by atomic mass is 35.5. The smallest absolute Gasteiger partial charge is 0.147 e. The van der Waals surface area contributed by atoms with Gasteiger partial charge < -0.3 is 5.32 Å². The van der Waals surface area contributed by atoms with Crippen LogP contribution in [0.5, 0.6) is 0 Å². The molecule has 2 rings (SSSR count). The quantitative estimate of drug-likeness (QED) is 0.736. The van der Waals surface area contributed by atoms with Gasteiger partial charge in [0.05, 0.1) is 16.8 Å². The van der Waals surface area contributed by atoms with Crippen molar-refractivity contribution >= 4 is 40.5 Å². The van der Waals surface area contributed by atoms with Crippen LogP contribution in [0.15, 0.2) is 36.4 Å². The Morgan fingerprint density at radius 3 is 2.42 bits per heavy atom. The van der Waals surface area contributed by atoms with Crippen molar-refractivity contribution in [2.75, 3.05) is 5.32 Å². The molecule has 19 heavy (non-hydrogen) atoms. The first-order valence-electron chi connectivity index (χ1n) is 5.64. The lowest BCUT2D eigenvalue weighted by molar-refractivity contribution is 0.627. The highest BCUT2D eigenvalue weighted by Gasteiger charge is 2.14. The molecule has 2 aromatic carbocycles. The molecule has 2 aromatic rings. The zero-order valence-electron chi connectivity index (χ0n) is 10.1. The summed E-state index contributed by atoms with van der Waals surface area (Å²) < 4.78 is 13.7. The van der Waals surface area contributed by atoms with E-state index in [0.717, 1.165) is 5.56 Å². The van der Waals surface area contributed by atoms with Crippen molar-refractivity contribution < 1.29 is 4.39 Å². The highest BCUT2D eigenvalue weighted by molar-refractivity contribution is 6.35. The molecule has 0 spiro atoms. The summed E-state index contributed by atoms with van der Waals surface area (Å²) in [6.07, 6.45) is 0. The Balaban J connectivity index is 2.28. The van der Waals surface area contributed by atoms with Crippen molar-refractivity contribution in [1.82, 2.24) is 0 Å². The molecule has 0 radical (unpaired) electrons. The van der Waals surface area contributed by atoms with E-state index < -0.39 is 5.82 Å². The molecule has 0 aromatic heterocycles. The summed E-state index contributed by atoms with van der Waals surface area (Å²) in [4.78, 5) is 0. The van der Waals surface area contributed by atoms with Crippen LogP contribution in [0, 0.1) is 5.82 Å². The SMILES string of the molecule is CC(Nc1c(F)cccc1Cl)c1ccc(Cl)cc1Cl. The average Bonchev–Trinajstić information content (AvgIpc) is 2.33. The molecular weight excluding hydrogens is 308 g/mol. The van der Waals surface area contributed by atoms with Crippen LogP contribution in [-0.4, -0.2) is 0 Å². The second-order valence-electron chi connectivity index (χ2n) is 4.13. The number of nitrogens with one attached hydrogen (secondary N) is 1. The number of hydrogen-bond acceptors (Lipinski definition) is 1. The van der Waals surface area contributed by atoms with Gasteiger partial charge in [-0.15, -0.1) is 0 Å². The second-order valence-corrected chi connectivity index (χ2v) is 5.38. The van der Waals surface area contributed by atoms with E-state index in [1.54, 1.807) is 30.3 Å². The van der Waals surface area contributed by atoms with Crippen molar-refractivity contribution in [1.29, 1.82) is 0 Å². The summed E-state index contributed by atoms with van der Waals surface area (Å²) in [7, 11) is 0. The lowest BCUT2D eigenvalue weighted by Crippen LogP contribution is -2.09. The Hall–Kier alpha value is -0.960. The van der Waals surface area contributed by atoms with E-state index in [-0.39, 0.29) is 11.7 Å². The zero-order valence-corrected chi connectivity index (χ0v) is 12.3. The minimum absolute atomic E-state index is 0.195. The van der Waals surface area contributed by atoms with Gasteiger partial charge in [0.15, 0.2) is 0 Å². The van der Waals surface area contributed by atoms with Crippen LogP contribution in [0.3, 0.4) is 0 Å². The van der Waals surface area contributed by atoms with Crippen molar-refractivity contribution in [3.05, 3.63) is 62.8 Å². The minimum atomic E-state index is -0.399. The summed E-state index contributed by atoms with van der Waals surface area (Å²) in [6, 6.07) is 9.54. The fraction of sp³-hybridized carbons (Fsp3) is 0.143. The van der Waals surface area contributed by atoms with Gasteiger partial charge in [-0.05, 0) is 36.8 Å². The fourth-order valence-electron chi connectivity index (χ4n) is 1.78. The van der Waals surface area contributed by atoms with Gasteiger partial charge in [-0.3, -0.25) is 0 Å². The molecule has 0 aliphatic heterocycles. The monoisotopic (exact) mass is 317 g/mol. The molecule has 1 atom stereocenters. The molecule has 1 unspecified atom stereocenters. The van der Waals surface area contributed by atoms with Crippen molar-refractivity contribution in [3.8, 4) is 0 Å². The Morgan fingerprint density at radius 1 is 1.05 bits per heavy atom. The Morgan fingerprint density at radius 2 is 1.79 bits per heavy atom. The van der Waals surface area contributed by atoms with Gasteiger partial charge in [-0.25, -0.2) is 4.39 Å². The second kappa shape index (κ2) is 6.00. The van der Waals surface area contributed by atoms with E-state index in [1.807, 2.05) is 6.92 Å². The lowest BCUT2D eigenvalue weighted by atomic mass is 10.1. The van der Waals surface area contributed by atoms with Crippen LogP contribution in [0.4, 0.5) is 10.1 Å². The number of benzene rings is 2. The van der Waals surface area contributed by atoms with Crippen molar-refractivity contribution in [3.63, 3.8) is 0 Å². The Bertz CT molecular complexity index is 581. The van der Waals surface area contributed by atoms with Crippen LogP contribution in [0.25, 0.3) is 0 Å². The number of halogens is 4.